The average molecular weight is 316 g/mol. The molecule has 0 aliphatic carbocycles. The lowest BCUT2D eigenvalue weighted by Gasteiger charge is -2.36. The first-order chi connectivity index (χ1) is 8.22. The lowest BCUT2D eigenvalue weighted by atomic mass is 10.2. The van der Waals surface area contributed by atoms with Crippen LogP contribution in [0.2, 0.25) is 0 Å². The van der Waals surface area contributed by atoms with E-state index in [-0.39, 0.29) is 6.03 Å². The van der Waals surface area contributed by atoms with Gasteiger partial charge in [0, 0.05) is 47.5 Å². The van der Waals surface area contributed by atoms with Gasteiger partial charge in [0.1, 0.15) is 0 Å². The smallest absolute Gasteiger partial charge is 0.317 e. The highest BCUT2D eigenvalue weighted by Gasteiger charge is 2.35. The van der Waals surface area contributed by atoms with E-state index in [2.05, 4.69) is 37.6 Å². The van der Waals surface area contributed by atoms with Crippen LogP contribution >= 0.6 is 27.3 Å². The van der Waals surface area contributed by atoms with Gasteiger partial charge in [0.2, 0.25) is 0 Å². The Bertz CT molecular complexity index is 436. The highest BCUT2D eigenvalue weighted by Crippen LogP contribution is 2.23. The van der Waals surface area contributed by atoms with Crippen LogP contribution in [-0.2, 0) is 6.54 Å². The molecule has 1 aromatic heterocycles. The Morgan fingerprint density at radius 2 is 2.41 bits per heavy atom. The lowest BCUT2D eigenvalue weighted by molar-refractivity contribution is 0.117. The first-order valence-electron chi connectivity index (χ1n) is 5.72. The summed E-state index contributed by atoms with van der Waals surface area (Å²) in [6, 6.07) is 2.64. The Balaban J connectivity index is 1.62. The first-order valence-corrected chi connectivity index (χ1v) is 7.39. The van der Waals surface area contributed by atoms with Crippen LogP contribution in [0, 0.1) is 0 Å². The summed E-state index contributed by atoms with van der Waals surface area (Å²) >= 11 is 5.26. The van der Waals surface area contributed by atoms with Gasteiger partial charge in [-0.3, -0.25) is 4.90 Å². The van der Waals surface area contributed by atoms with Crippen LogP contribution in [0.1, 0.15) is 4.88 Å². The molecule has 2 aliphatic heterocycles. The fourth-order valence-corrected chi connectivity index (χ4v) is 3.96. The minimum atomic E-state index is 0.105. The van der Waals surface area contributed by atoms with Gasteiger partial charge in [0.15, 0.2) is 0 Å². The Labute approximate surface area is 113 Å². The number of halogens is 1. The van der Waals surface area contributed by atoms with Crippen molar-refractivity contribution < 1.29 is 4.79 Å². The molecule has 1 N–H and O–H groups in total. The second-order valence-electron chi connectivity index (χ2n) is 4.50. The molecule has 3 heterocycles. The van der Waals surface area contributed by atoms with Gasteiger partial charge >= 0.3 is 6.03 Å². The fourth-order valence-electron chi connectivity index (χ4n) is 2.47. The number of carbonyl (C=O) groups excluding carboxylic acids is 1. The summed E-state index contributed by atoms with van der Waals surface area (Å²) in [6.45, 7) is 4.59. The van der Waals surface area contributed by atoms with E-state index in [1.165, 1.54) is 4.88 Å². The van der Waals surface area contributed by atoms with Crippen LogP contribution in [0.5, 0.6) is 0 Å². The molecule has 0 radical (unpaired) electrons. The van der Waals surface area contributed by atoms with Crippen molar-refractivity contribution in [2.45, 2.75) is 12.6 Å². The normalized spacial score (nSPS) is 24.9. The summed E-state index contributed by atoms with van der Waals surface area (Å²) in [6.07, 6.45) is 0. The van der Waals surface area contributed by atoms with E-state index in [9.17, 15) is 4.79 Å². The predicted molar refractivity (Wildman–Crippen MR) is 71.2 cm³/mol. The van der Waals surface area contributed by atoms with Crippen LogP contribution < -0.4 is 5.32 Å². The predicted octanol–water partition coefficient (Wildman–Crippen LogP) is 1.72. The molecular formula is C11H14BrN3OS. The molecule has 92 valence electrons. The number of fused-ring (bicyclic) bond motifs is 1. The minimum absolute atomic E-state index is 0.105. The molecule has 1 unspecified atom stereocenters. The number of nitrogens with one attached hydrogen (secondary N) is 1. The maximum atomic E-state index is 11.5. The van der Waals surface area contributed by atoms with Crippen LogP contribution in [0.4, 0.5) is 4.79 Å². The molecule has 2 aliphatic rings. The third-order valence-corrected chi connectivity index (χ3v) is 5.00. The van der Waals surface area contributed by atoms with Gasteiger partial charge in [-0.25, -0.2) is 4.79 Å². The van der Waals surface area contributed by atoms with Crippen molar-refractivity contribution in [1.82, 2.24) is 15.1 Å². The van der Waals surface area contributed by atoms with Gasteiger partial charge < -0.3 is 10.2 Å². The number of thiophene rings is 1. The van der Waals surface area contributed by atoms with Crippen LogP contribution in [0.15, 0.2) is 15.9 Å². The average Bonchev–Trinajstić information content (AvgIpc) is 2.87. The van der Waals surface area contributed by atoms with Crippen molar-refractivity contribution in [2.24, 2.45) is 0 Å². The minimum Gasteiger partial charge on any atom is -0.336 e. The molecule has 1 aromatic rings. The topological polar surface area (TPSA) is 35.6 Å². The van der Waals surface area contributed by atoms with Crippen molar-refractivity contribution in [2.75, 3.05) is 26.2 Å². The lowest BCUT2D eigenvalue weighted by Crippen LogP contribution is -2.51. The summed E-state index contributed by atoms with van der Waals surface area (Å²) in [7, 11) is 0. The van der Waals surface area contributed by atoms with Crippen LogP contribution in [0.25, 0.3) is 0 Å². The number of amides is 2. The highest BCUT2D eigenvalue weighted by atomic mass is 79.9. The molecule has 0 spiro atoms. The first kappa shape index (κ1) is 11.5. The monoisotopic (exact) mass is 315 g/mol. The SMILES string of the molecule is O=C1NCC2CN(Cc3cc(Br)cs3)CCN12. The maximum Gasteiger partial charge on any atom is 0.317 e. The van der Waals surface area contributed by atoms with Gasteiger partial charge in [-0.1, -0.05) is 0 Å². The van der Waals surface area contributed by atoms with E-state index in [4.69, 9.17) is 0 Å². The summed E-state index contributed by atoms with van der Waals surface area (Å²) in [5.41, 5.74) is 0. The van der Waals surface area contributed by atoms with Crippen molar-refractivity contribution in [1.29, 1.82) is 0 Å². The van der Waals surface area contributed by atoms with Crippen molar-refractivity contribution >= 4 is 33.3 Å². The molecule has 2 amide bonds. The molecule has 4 nitrogen and oxygen atoms in total. The van der Waals surface area contributed by atoms with E-state index in [0.29, 0.717) is 6.04 Å². The Morgan fingerprint density at radius 3 is 3.18 bits per heavy atom. The number of piperazine rings is 1. The van der Waals surface area contributed by atoms with Crippen molar-refractivity contribution in [3.8, 4) is 0 Å². The molecule has 6 heteroatoms. The van der Waals surface area contributed by atoms with E-state index in [1.54, 1.807) is 11.3 Å². The number of hydrogen-bond donors (Lipinski definition) is 1. The van der Waals surface area contributed by atoms with Gasteiger partial charge in [0.25, 0.3) is 0 Å². The molecule has 0 aromatic carbocycles. The number of rotatable bonds is 2. The Morgan fingerprint density at radius 1 is 1.53 bits per heavy atom. The van der Waals surface area contributed by atoms with Gasteiger partial charge in [-0.05, 0) is 22.0 Å². The summed E-state index contributed by atoms with van der Waals surface area (Å²) in [4.78, 5) is 17.2. The zero-order chi connectivity index (χ0) is 11.8. The number of urea groups is 1. The highest BCUT2D eigenvalue weighted by molar-refractivity contribution is 9.10. The maximum absolute atomic E-state index is 11.5. The number of hydrogen-bond acceptors (Lipinski definition) is 3. The summed E-state index contributed by atoms with van der Waals surface area (Å²) < 4.78 is 1.16. The fraction of sp³-hybridized carbons (Fsp3) is 0.545. The summed E-state index contributed by atoms with van der Waals surface area (Å²) in [5, 5.41) is 5.02. The molecule has 17 heavy (non-hydrogen) atoms. The second-order valence-corrected chi connectivity index (χ2v) is 6.41. The van der Waals surface area contributed by atoms with E-state index >= 15 is 0 Å². The molecule has 2 fully saturated rings. The Hall–Kier alpha value is -0.590. The standard InChI is InChI=1S/C11H14BrN3OS/c12-8-3-10(17-7-8)6-14-1-2-15-9(5-14)4-13-11(15)16/h3,7,9H,1-2,4-6H2,(H,13,16). The van der Waals surface area contributed by atoms with E-state index < -0.39 is 0 Å². The quantitative estimate of drug-likeness (QED) is 0.902. The largest absolute Gasteiger partial charge is 0.336 e. The third kappa shape index (κ3) is 2.34. The number of nitrogens with zero attached hydrogens (tertiary/aromatic N) is 2. The van der Waals surface area contributed by atoms with Crippen molar-refractivity contribution in [3.63, 3.8) is 0 Å². The zero-order valence-electron chi connectivity index (χ0n) is 9.36. The molecule has 0 bridgehead atoms. The molecule has 1 atom stereocenters. The van der Waals surface area contributed by atoms with E-state index in [0.717, 1.165) is 37.2 Å². The van der Waals surface area contributed by atoms with Crippen LogP contribution in [0.3, 0.4) is 0 Å². The second kappa shape index (κ2) is 4.59. The zero-order valence-corrected chi connectivity index (χ0v) is 11.8. The molecule has 3 rings (SSSR count). The molecule has 2 saturated heterocycles. The van der Waals surface area contributed by atoms with Crippen LogP contribution in [-0.4, -0.2) is 48.1 Å². The van der Waals surface area contributed by atoms with Gasteiger partial charge in [-0.2, -0.15) is 0 Å². The van der Waals surface area contributed by atoms with Crippen molar-refractivity contribution in [3.05, 3.63) is 20.8 Å². The van der Waals surface area contributed by atoms with E-state index in [1.807, 2.05) is 4.90 Å². The third-order valence-electron chi connectivity index (χ3n) is 3.32. The summed E-state index contributed by atoms with van der Waals surface area (Å²) in [5.74, 6) is 0. The molecule has 0 saturated carbocycles. The van der Waals surface area contributed by atoms with Gasteiger partial charge in [0.05, 0.1) is 6.04 Å². The molecular weight excluding hydrogens is 302 g/mol. The number of carbonyl (C=O) groups is 1. The Kier molecular flexibility index (Phi) is 3.10. The van der Waals surface area contributed by atoms with Gasteiger partial charge in [-0.15, -0.1) is 11.3 Å².